The minimum atomic E-state index is -0.145. The highest BCUT2D eigenvalue weighted by molar-refractivity contribution is 9.10. The third-order valence-corrected chi connectivity index (χ3v) is 7.21. The smallest absolute Gasteiger partial charge is 0.236 e. The molecule has 1 N–H and O–H groups in total. The third-order valence-electron chi connectivity index (χ3n) is 4.80. The number of carbonyl (C=O) groups is 1. The Morgan fingerprint density at radius 2 is 1.97 bits per heavy atom. The summed E-state index contributed by atoms with van der Waals surface area (Å²) in [5.41, 5.74) is 2.10. The Bertz CT molecular complexity index is 1270. The van der Waals surface area contributed by atoms with Gasteiger partial charge in [-0.15, -0.1) is 28.1 Å². The average Bonchev–Trinajstić information content (AvgIpc) is 3.46. The lowest BCUT2D eigenvalue weighted by Crippen LogP contribution is -2.14. The number of nitrogens with zero attached hydrogens (tertiary/aromatic N) is 4. The number of nitrogens with one attached hydrogen (secondary N) is 1. The van der Waals surface area contributed by atoms with Crippen molar-refractivity contribution in [1.29, 1.82) is 0 Å². The van der Waals surface area contributed by atoms with Gasteiger partial charge in [-0.2, -0.15) is 0 Å². The van der Waals surface area contributed by atoms with Crippen LogP contribution < -0.4 is 10.1 Å². The molecule has 2 aromatic heterocycles. The lowest BCUT2D eigenvalue weighted by molar-refractivity contribution is -0.113. The number of hydrogen-bond acceptors (Lipinski definition) is 7. The van der Waals surface area contributed by atoms with E-state index in [9.17, 15) is 4.79 Å². The van der Waals surface area contributed by atoms with Crippen LogP contribution in [-0.4, -0.2) is 38.5 Å². The number of thiazole rings is 1. The predicted octanol–water partition coefficient (Wildman–Crippen LogP) is 5.68. The van der Waals surface area contributed by atoms with Crippen LogP contribution in [-0.2, 0) is 17.8 Å². The van der Waals surface area contributed by atoms with E-state index >= 15 is 0 Å². The molecule has 10 heteroatoms. The zero-order valence-electron chi connectivity index (χ0n) is 18.4. The minimum Gasteiger partial charge on any atom is -0.497 e. The molecule has 174 valence electrons. The summed E-state index contributed by atoms with van der Waals surface area (Å²) >= 11 is 6.25. The number of amides is 1. The second-order valence-corrected chi connectivity index (χ2v) is 10.2. The van der Waals surface area contributed by atoms with Gasteiger partial charge >= 0.3 is 0 Å². The van der Waals surface area contributed by atoms with E-state index in [0.29, 0.717) is 22.7 Å². The van der Waals surface area contributed by atoms with Crippen molar-refractivity contribution >= 4 is 50.1 Å². The van der Waals surface area contributed by atoms with Gasteiger partial charge in [0.2, 0.25) is 5.91 Å². The average molecular weight is 557 g/mol. The quantitative estimate of drug-likeness (QED) is 0.200. The van der Waals surface area contributed by atoms with Crippen LogP contribution in [0, 0.1) is 0 Å². The molecule has 0 spiro atoms. The van der Waals surface area contributed by atoms with Gasteiger partial charge in [-0.3, -0.25) is 9.36 Å². The van der Waals surface area contributed by atoms with Crippen LogP contribution in [0.15, 0.2) is 77.0 Å². The fraction of sp³-hybridized carbons (Fsp3) is 0.167. The van der Waals surface area contributed by atoms with Gasteiger partial charge in [-0.25, -0.2) is 4.98 Å². The van der Waals surface area contributed by atoms with Crippen molar-refractivity contribution in [2.45, 2.75) is 18.1 Å². The Kier molecular flexibility index (Phi) is 8.15. The van der Waals surface area contributed by atoms with Gasteiger partial charge in [-0.05, 0) is 42.0 Å². The van der Waals surface area contributed by atoms with E-state index in [0.717, 1.165) is 27.1 Å². The summed E-state index contributed by atoms with van der Waals surface area (Å²) in [7, 11) is 1.63. The summed E-state index contributed by atoms with van der Waals surface area (Å²) in [6.45, 7) is 4.36. The zero-order valence-corrected chi connectivity index (χ0v) is 21.6. The Morgan fingerprint density at radius 1 is 1.21 bits per heavy atom. The number of anilines is 1. The topological polar surface area (TPSA) is 81.9 Å². The number of carbonyl (C=O) groups excluding carboxylic acids is 1. The third kappa shape index (κ3) is 6.13. The summed E-state index contributed by atoms with van der Waals surface area (Å²) in [6.07, 6.45) is 4.36. The van der Waals surface area contributed by atoms with Crippen molar-refractivity contribution in [2.24, 2.45) is 0 Å². The van der Waals surface area contributed by atoms with Crippen LogP contribution in [0.2, 0.25) is 0 Å². The van der Waals surface area contributed by atoms with Gasteiger partial charge in [0.25, 0.3) is 0 Å². The van der Waals surface area contributed by atoms with Crippen molar-refractivity contribution in [3.63, 3.8) is 0 Å². The number of allylic oxidation sites excluding steroid dienone is 1. The molecule has 0 aliphatic carbocycles. The summed E-state index contributed by atoms with van der Waals surface area (Å²) in [6, 6.07) is 15.8. The lowest BCUT2D eigenvalue weighted by Gasteiger charge is -2.08. The number of benzene rings is 2. The molecule has 0 aliphatic heterocycles. The van der Waals surface area contributed by atoms with Crippen LogP contribution in [0.3, 0.4) is 0 Å². The van der Waals surface area contributed by atoms with Crippen LogP contribution >= 0.6 is 39.0 Å². The standard InChI is InChI=1S/C24H22BrN5O2S2/c1-3-12-30-22(17-6-10-19(32-2)11-7-17)28-29-24(30)33-15-21(31)27-23-26-14-20(34-23)13-16-4-8-18(25)9-5-16/h3-11,14H,1,12-13,15H2,2H3,(H,26,27,31). The number of aromatic nitrogens is 4. The number of hydrogen-bond donors (Lipinski definition) is 1. The van der Waals surface area contributed by atoms with Gasteiger partial charge < -0.3 is 10.1 Å². The Balaban J connectivity index is 1.37. The van der Waals surface area contributed by atoms with E-state index in [2.05, 4.69) is 55.1 Å². The van der Waals surface area contributed by atoms with Gasteiger partial charge in [0.05, 0.1) is 12.9 Å². The molecule has 4 aromatic rings. The van der Waals surface area contributed by atoms with Gasteiger partial charge in [0.1, 0.15) is 5.75 Å². The summed E-state index contributed by atoms with van der Waals surface area (Å²) < 4.78 is 8.21. The molecule has 0 unspecified atom stereocenters. The summed E-state index contributed by atoms with van der Waals surface area (Å²) in [5, 5.41) is 12.7. The SMILES string of the molecule is C=CCn1c(SCC(=O)Nc2ncc(Cc3ccc(Br)cc3)s2)nnc1-c1ccc(OC)cc1. The first kappa shape index (κ1) is 24.2. The zero-order chi connectivity index (χ0) is 23.9. The van der Waals surface area contributed by atoms with Gasteiger partial charge in [0.15, 0.2) is 16.1 Å². The minimum absolute atomic E-state index is 0.145. The van der Waals surface area contributed by atoms with Crippen molar-refractivity contribution in [3.8, 4) is 17.1 Å². The number of rotatable bonds is 10. The maximum absolute atomic E-state index is 12.5. The Morgan fingerprint density at radius 3 is 2.68 bits per heavy atom. The second kappa shape index (κ2) is 11.5. The molecule has 2 heterocycles. The number of halogens is 1. The highest BCUT2D eigenvalue weighted by atomic mass is 79.9. The monoisotopic (exact) mass is 555 g/mol. The van der Waals surface area contributed by atoms with Crippen molar-refractivity contribution < 1.29 is 9.53 Å². The highest BCUT2D eigenvalue weighted by Crippen LogP contribution is 2.26. The number of thioether (sulfide) groups is 1. The maximum atomic E-state index is 12.5. The first-order valence-electron chi connectivity index (χ1n) is 10.4. The van der Waals surface area contributed by atoms with E-state index in [4.69, 9.17) is 4.74 Å². The molecule has 0 atom stereocenters. The van der Waals surface area contributed by atoms with Gasteiger partial charge in [-0.1, -0.05) is 45.9 Å². The molecule has 0 radical (unpaired) electrons. The van der Waals surface area contributed by atoms with E-state index in [1.807, 2.05) is 41.0 Å². The number of ether oxygens (including phenoxy) is 1. The van der Waals surface area contributed by atoms with Crippen LogP contribution in [0.4, 0.5) is 5.13 Å². The van der Waals surface area contributed by atoms with Gasteiger partial charge in [0, 0.05) is 34.1 Å². The van der Waals surface area contributed by atoms with Crippen LogP contribution in [0.1, 0.15) is 10.4 Å². The molecule has 0 aliphatic rings. The lowest BCUT2D eigenvalue weighted by atomic mass is 10.1. The maximum Gasteiger partial charge on any atom is 0.236 e. The largest absolute Gasteiger partial charge is 0.497 e. The van der Waals surface area contributed by atoms with E-state index in [1.165, 1.54) is 28.7 Å². The van der Waals surface area contributed by atoms with E-state index < -0.39 is 0 Å². The molecule has 0 saturated carbocycles. The molecule has 4 rings (SSSR count). The second-order valence-electron chi connectivity index (χ2n) is 7.21. The molecule has 0 fully saturated rings. The molecular formula is C24H22BrN5O2S2. The molecule has 7 nitrogen and oxygen atoms in total. The van der Waals surface area contributed by atoms with E-state index in [-0.39, 0.29) is 11.7 Å². The first-order valence-corrected chi connectivity index (χ1v) is 13.0. The Labute approximate surface area is 214 Å². The molecule has 0 saturated heterocycles. The summed E-state index contributed by atoms with van der Waals surface area (Å²) in [4.78, 5) is 18.0. The van der Waals surface area contributed by atoms with Crippen molar-refractivity contribution in [3.05, 3.63) is 82.3 Å². The van der Waals surface area contributed by atoms with Crippen LogP contribution in [0.25, 0.3) is 11.4 Å². The molecule has 2 aromatic carbocycles. The van der Waals surface area contributed by atoms with Crippen molar-refractivity contribution in [2.75, 3.05) is 18.2 Å². The molecular weight excluding hydrogens is 534 g/mol. The highest BCUT2D eigenvalue weighted by Gasteiger charge is 2.16. The number of methoxy groups -OCH3 is 1. The molecule has 1 amide bonds. The van der Waals surface area contributed by atoms with Crippen LogP contribution in [0.5, 0.6) is 5.75 Å². The summed E-state index contributed by atoms with van der Waals surface area (Å²) in [5.74, 6) is 1.53. The Hall–Kier alpha value is -2.95. The van der Waals surface area contributed by atoms with Crippen molar-refractivity contribution in [1.82, 2.24) is 19.7 Å². The predicted molar refractivity (Wildman–Crippen MR) is 141 cm³/mol. The fourth-order valence-corrected chi connectivity index (χ4v) is 5.05. The van der Waals surface area contributed by atoms with E-state index in [1.54, 1.807) is 19.4 Å². The fourth-order valence-electron chi connectivity index (χ4n) is 3.18. The first-order chi connectivity index (χ1) is 16.6. The molecule has 0 bridgehead atoms. The molecule has 34 heavy (non-hydrogen) atoms. The normalized spacial score (nSPS) is 10.8.